The van der Waals surface area contributed by atoms with Gasteiger partial charge in [0.2, 0.25) is 5.91 Å². The van der Waals surface area contributed by atoms with E-state index in [-0.39, 0.29) is 5.91 Å². The second-order valence-electron chi connectivity index (χ2n) is 7.97. The summed E-state index contributed by atoms with van der Waals surface area (Å²) in [5.74, 6) is 3.09. The van der Waals surface area contributed by atoms with Gasteiger partial charge in [-0.15, -0.1) is 10.2 Å². The third-order valence-electron chi connectivity index (χ3n) is 5.88. The highest BCUT2D eigenvalue weighted by atomic mass is 16.5. The van der Waals surface area contributed by atoms with Crippen LogP contribution in [-0.2, 0) is 11.2 Å². The average molecular weight is 463 g/mol. The first-order valence-corrected chi connectivity index (χ1v) is 11.4. The summed E-state index contributed by atoms with van der Waals surface area (Å²) < 4.78 is 16.1. The quantitative estimate of drug-likeness (QED) is 0.507. The van der Waals surface area contributed by atoms with Crippen molar-refractivity contribution in [1.82, 2.24) is 15.1 Å². The van der Waals surface area contributed by atoms with Crippen LogP contribution in [0.2, 0.25) is 0 Å². The summed E-state index contributed by atoms with van der Waals surface area (Å²) in [6.07, 6.45) is 0.395. The van der Waals surface area contributed by atoms with E-state index in [0.29, 0.717) is 37.6 Å². The maximum atomic E-state index is 12.7. The third kappa shape index (κ3) is 5.39. The van der Waals surface area contributed by atoms with Gasteiger partial charge in [-0.1, -0.05) is 12.1 Å². The van der Waals surface area contributed by atoms with E-state index in [1.165, 1.54) is 0 Å². The van der Waals surface area contributed by atoms with Crippen LogP contribution in [0.25, 0.3) is 11.3 Å². The minimum Gasteiger partial charge on any atom is -0.494 e. The number of methoxy groups -OCH3 is 2. The number of hydrogen-bond donors (Lipinski definition) is 0. The van der Waals surface area contributed by atoms with Crippen molar-refractivity contribution in [2.45, 2.75) is 13.3 Å². The Morgan fingerprint density at radius 3 is 2.24 bits per heavy atom. The smallest absolute Gasteiger partial charge is 0.227 e. The fourth-order valence-electron chi connectivity index (χ4n) is 3.98. The molecule has 0 aliphatic carbocycles. The molecule has 4 rings (SSSR count). The molecule has 0 unspecified atom stereocenters. The topological polar surface area (TPSA) is 77.0 Å². The molecular formula is C26H30N4O4. The van der Waals surface area contributed by atoms with Crippen molar-refractivity contribution >= 4 is 11.7 Å². The predicted octanol–water partition coefficient (Wildman–Crippen LogP) is 3.45. The first-order valence-electron chi connectivity index (χ1n) is 11.4. The van der Waals surface area contributed by atoms with E-state index in [1.807, 2.05) is 66.4 Å². The van der Waals surface area contributed by atoms with Gasteiger partial charge in [-0.2, -0.15) is 0 Å². The normalized spacial score (nSPS) is 13.5. The molecule has 1 saturated heterocycles. The molecule has 3 aromatic rings. The fraction of sp³-hybridized carbons (Fsp3) is 0.346. The Bertz CT molecular complexity index is 1090. The van der Waals surface area contributed by atoms with E-state index >= 15 is 0 Å². The summed E-state index contributed by atoms with van der Waals surface area (Å²) in [7, 11) is 3.22. The van der Waals surface area contributed by atoms with Gasteiger partial charge < -0.3 is 24.0 Å². The lowest BCUT2D eigenvalue weighted by Gasteiger charge is -2.35. The van der Waals surface area contributed by atoms with Crippen LogP contribution in [0.1, 0.15) is 12.5 Å². The van der Waals surface area contributed by atoms with E-state index in [1.54, 1.807) is 14.2 Å². The first-order chi connectivity index (χ1) is 16.6. The summed E-state index contributed by atoms with van der Waals surface area (Å²) in [6.45, 7) is 5.35. The molecule has 0 atom stereocenters. The van der Waals surface area contributed by atoms with Gasteiger partial charge in [-0.25, -0.2) is 0 Å². The number of anilines is 1. The minimum absolute atomic E-state index is 0.138. The van der Waals surface area contributed by atoms with Crippen molar-refractivity contribution in [3.05, 3.63) is 60.2 Å². The average Bonchev–Trinajstić information content (AvgIpc) is 2.89. The number of piperazine rings is 1. The highest BCUT2D eigenvalue weighted by Crippen LogP contribution is 2.31. The van der Waals surface area contributed by atoms with Crippen molar-refractivity contribution in [3.63, 3.8) is 0 Å². The summed E-state index contributed by atoms with van der Waals surface area (Å²) in [4.78, 5) is 16.8. The summed E-state index contributed by atoms with van der Waals surface area (Å²) in [6, 6.07) is 17.3. The van der Waals surface area contributed by atoms with Gasteiger partial charge in [0.15, 0.2) is 17.3 Å². The van der Waals surface area contributed by atoms with Gasteiger partial charge in [-0.05, 0) is 55.0 Å². The zero-order valence-electron chi connectivity index (χ0n) is 19.9. The number of rotatable bonds is 8. The number of hydrogen-bond acceptors (Lipinski definition) is 7. The standard InChI is InChI=1S/C26H30N4O4/c1-4-34-21-8-5-19(6-9-21)17-26(31)30-15-13-29(14-16-30)25-12-10-22(27-28-25)20-7-11-23(32-2)24(18-20)33-3/h5-12,18H,4,13-17H2,1-3H3. The molecule has 178 valence electrons. The zero-order chi connectivity index (χ0) is 23.9. The number of carbonyl (C=O) groups excluding carboxylic acids is 1. The maximum absolute atomic E-state index is 12.7. The number of nitrogens with zero attached hydrogens (tertiary/aromatic N) is 4. The molecule has 2 aromatic carbocycles. The molecule has 1 aliphatic heterocycles. The minimum atomic E-state index is 0.138. The molecule has 0 spiro atoms. The number of aromatic nitrogens is 2. The maximum Gasteiger partial charge on any atom is 0.227 e. The van der Waals surface area contributed by atoms with Crippen LogP contribution in [0.5, 0.6) is 17.2 Å². The van der Waals surface area contributed by atoms with E-state index in [0.717, 1.165) is 41.5 Å². The Kier molecular flexibility index (Phi) is 7.47. The molecule has 2 heterocycles. The van der Waals surface area contributed by atoms with Crippen molar-refractivity contribution < 1.29 is 19.0 Å². The van der Waals surface area contributed by atoms with Crippen molar-refractivity contribution in [3.8, 4) is 28.5 Å². The van der Waals surface area contributed by atoms with Gasteiger partial charge in [0.1, 0.15) is 5.75 Å². The largest absolute Gasteiger partial charge is 0.494 e. The van der Waals surface area contributed by atoms with Crippen LogP contribution in [0.15, 0.2) is 54.6 Å². The van der Waals surface area contributed by atoms with Gasteiger partial charge >= 0.3 is 0 Å². The van der Waals surface area contributed by atoms with Crippen molar-refractivity contribution in [1.29, 1.82) is 0 Å². The predicted molar refractivity (Wildman–Crippen MR) is 131 cm³/mol. The van der Waals surface area contributed by atoms with Gasteiger partial charge in [0, 0.05) is 31.7 Å². The van der Waals surface area contributed by atoms with Crippen molar-refractivity contribution in [2.24, 2.45) is 0 Å². The molecule has 0 radical (unpaired) electrons. The Hall–Kier alpha value is -3.81. The lowest BCUT2D eigenvalue weighted by atomic mass is 10.1. The molecule has 1 fully saturated rings. The molecule has 1 aliphatic rings. The highest BCUT2D eigenvalue weighted by molar-refractivity contribution is 5.79. The molecule has 0 bridgehead atoms. The summed E-state index contributed by atoms with van der Waals surface area (Å²) >= 11 is 0. The number of benzene rings is 2. The molecule has 8 nitrogen and oxygen atoms in total. The van der Waals surface area contributed by atoms with Crippen LogP contribution in [0.4, 0.5) is 5.82 Å². The van der Waals surface area contributed by atoms with Crippen LogP contribution in [0.3, 0.4) is 0 Å². The van der Waals surface area contributed by atoms with Gasteiger partial charge in [-0.3, -0.25) is 4.79 Å². The SMILES string of the molecule is CCOc1ccc(CC(=O)N2CCN(c3ccc(-c4ccc(OC)c(OC)c4)nn3)CC2)cc1. The number of amides is 1. The molecule has 0 saturated carbocycles. The molecule has 1 aromatic heterocycles. The monoisotopic (exact) mass is 462 g/mol. The van der Waals surface area contributed by atoms with Crippen LogP contribution in [-0.4, -0.2) is 68.0 Å². The van der Waals surface area contributed by atoms with Gasteiger partial charge in [0.05, 0.1) is 32.9 Å². The molecule has 34 heavy (non-hydrogen) atoms. The van der Waals surface area contributed by atoms with E-state index < -0.39 is 0 Å². The van der Waals surface area contributed by atoms with Gasteiger partial charge in [0.25, 0.3) is 0 Å². The van der Waals surface area contributed by atoms with Crippen LogP contribution >= 0.6 is 0 Å². The Balaban J connectivity index is 1.33. The molecule has 1 amide bonds. The second-order valence-corrected chi connectivity index (χ2v) is 7.97. The van der Waals surface area contributed by atoms with Crippen LogP contribution in [0, 0.1) is 0 Å². The van der Waals surface area contributed by atoms with Crippen LogP contribution < -0.4 is 19.1 Å². The van der Waals surface area contributed by atoms with E-state index in [2.05, 4.69) is 15.1 Å². The number of carbonyl (C=O) groups is 1. The Morgan fingerprint density at radius 1 is 0.882 bits per heavy atom. The Morgan fingerprint density at radius 2 is 1.62 bits per heavy atom. The van der Waals surface area contributed by atoms with E-state index in [9.17, 15) is 4.79 Å². The second kappa shape index (κ2) is 10.9. The fourth-order valence-corrected chi connectivity index (χ4v) is 3.98. The molecule has 8 heteroatoms. The number of ether oxygens (including phenoxy) is 3. The first kappa shape index (κ1) is 23.4. The lowest BCUT2D eigenvalue weighted by molar-refractivity contribution is -0.130. The lowest BCUT2D eigenvalue weighted by Crippen LogP contribution is -2.49. The highest BCUT2D eigenvalue weighted by Gasteiger charge is 2.22. The van der Waals surface area contributed by atoms with Crippen molar-refractivity contribution in [2.75, 3.05) is 51.9 Å². The molecular weight excluding hydrogens is 432 g/mol. The Labute approximate surface area is 200 Å². The summed E-state index contributed by atoms with van der Waals surface area (Å²) in [5.41, 5.74) is 2.66. The molecule has 0 N–H and O–H groups in total. The summed E-state index contributed by atoms with van der Waals surface area (Å²) in [5, 5.41) is 8.83. The third-order valence-corrected chi connectivity index (χ3v) is 5.88. The van der Waals surface area contributed by atoms with E-state index in [4.69, 9.17) is 14.2 Å². The zero-order valence-corrected chi connectivity index (χ0v) is 19.9.